The lowest BCUT2D eigenvalue weighted by atomic mass is 10.1. The van der Waals surface area contributed by atoms with E-state index in [0.29, 0.717) is 18.9 Å². The van der Waals surface area contributed by atoms with Crippen LogP contribution in [0.25, 0.3) is 0 Å². The van der Waals surface area contributed by atoms with E-state index in [1.807, 2.05) is 32.9 Å². The minimum absolute atomic E-state index is 0.0609. The van der Waals surface area contributed by atoms with Gasteiger partial charge < -0.3 is 5.32 Å². The van der Waals surface area contributed by atoms with E-state index in [2.05, 4.69) is 15.6 Å². The van der Waals surface area contributed by atoms with Crippen LogP contribution in [0.15, 0.2) is 35.4 Å². The van der Waals surface area contributed by atoms with E-state index in [0.717, 1.165) is 22.4 Å². The van der Waals surface area contributed by atoms with Gasteiger partial charge in [-0.05, 0) is 38.0 Å². The van der Waals surface area contributed by atoms with Crippen molar-refractivity contribution in [3.05, 3.63) is 47.2 Å². The summed E-state index contributed by atoms with van der Waals surface area (Å²) in [6, 6.07) is 7.20. The second-order valence-corrected chi connectivity index (χ2v) is 8.64. The van der Waals surface area contributed by atoms with Gasteiger partial charge in [-0.1, -0.05) is 31.5 Å². The van der Waals surface area contributed by atoms with Crippen molar-refractivity contribution in [3.63, 3.8) is 0 Å². The van der Waals surface area contributed by atoms with E-state index in [1.165, 1.54) is 16.6 Å². The average Bonchev–Trinajstić information content (AvgIpc) is 2.64. The van der Waals surface area contributed by atoms with Crippen LogP contribution < -0.4 is 15.6 Å². The van der Waals surface area contributed by atoms with Crippen molar-refractivity contribution in [3.8, 4) is 0 Å². The summed E-state index contributed by atoms with van der Waals surface area (Å²) >= 11 is 0. The first-order valence-corrected chi connectivity index (χ1v) is 10.8. The molecule has 0 aliphatic carbocycles. The molecule has 28 heavy (non-hydrogen) atoms. The number of rotatable bonds is 8. The van der Waals surface area contributed by atoms with Gasteiger partial charge in [0, 0.05) is 24.8 Å². The summed E-state index contributed by atoms with van der Waals surface area (Å²) in [6.07, 6.45) is 1.43. The fourth-order valence-corrected chi connectivity index (χ4v) is 4.56. The van der Waals surface area contributed by atoms with E-state index in [1.54, 1.807) is 19.9 Å². The molecule has 2 rings (SSSR count). The molecule has 1 amide bonds. The first-order valence-electron chi connectivity index (χ1n) is 9.32. The van der Waals surface area contributed by atoms with E-state index < -0.39 is 10.0 Å². The number of aromatic nitrogens is 1. The number of carbonyl (C=O) groups is 1. The Morgan fingerprint density at radius 3 is 2.18 bits per heavy atom. The predicted molar refractivity (Wildman–Crippen MR) is 111 cm³/mol. The molecular formula is C20H29N4O3S+. The molecule has 1 aromatic carbocycles. The van der Waals surface area contributed by atoms with E-state index in [-0.39, 0.29) is 17.3 Å². The number of benzene rings is 1. The summed E-state index contributed by atoms with van der Waals surface area (Å²) in [5, 5.41) is 5.90. The monoisotopic (exact) mass is 405 g/mol. The lowest BCUT2D eigenvalue weighted by molar-refractivity contribution is -0.364. The Labute approximate surface area is 167 Å². The maximum atomic E-state index is 12.5. The Hall–Kier alpha value is -2.45. The summed E-state index contributed by atoms with van der Waals surface area (Å²) in [7, 11) is -3.51. The molecule has 3 N–H and O–H groups in total. The summed E-state index contributed by atoms with van der Waals surface area (Å²) < 4.78 is 26.4. The maximum Gasteiger partial charge on any atom is 0.272 e. The molecule has 1 heterocycles. The number of aromatic amines is 1. The van der Waals surface area contributed by atoms with Gasteiger partial charge in [0.2, 0.25) is 10.0 Å². The predicted octanol–water partition coefficient (Wildman–Crippen LogP) is 2.51. The molecule has 0 radical (unpaired) electrons. The molecule has 0 saturated heterocycles. The van der Waals surface area contributed by atoms with E-state index in [4.69, 9.17) is 0 Å². The fourth-order valence-electron chi connectivity index (χ4n) is 3.13. The normalized spacial score (nSPS) is 11.5. The second-order valence-electron chi connectivity index (χ2n) is 6.70. The highest BCUT2D eigenvalue weighted by Crippen LogP contribution is 2.21. The standard InChI is InChI=1S/C20H28N4O3S/c1-6-24(7-2)28(26,27)17-8-9-18(21-12-17)22-13-19(25)23-20-15(4)10-14(3)11-16(20)5/h8-12H,6-7,13H2,1-5H3,(H,21,22)(H,23,25)/p+1. The molecule has 1 aromatic heterocycles. The molecule has 0 spiro atoms. The molecule has 0 bridgehead atoms. The Balaban J connectivity index is 2.01. The molecule has 0 saturated carbocycles. The third-order valence-corrected chi connectivity index (χ3v) is 6.55. The van der Waals surface area contributed by atoms with Crippen LogP contribution in [0, 0.1) is 20.8 Å². The zero-order chi connectivity index (χ0) is 20.9. The maximum absolute atomic E-state index is 12.5. The number of aryl methyl sites for hydroxylation is 3. The van der Waals surface area contributed by atoms with Gasteiger partial charge in [0.15, 0.2) is 6.54 Å². The van der Waals surface area contributed by atoms with Crippen molar-refractivity contribution < 1.29 is 18.2 Å². The average molecular weight is 406 g/mol. The molecule has 8 heteroatoms. The Bertz CT molecular complexity index is 913. The number of hydrogen-bond donors (Lipinski definition) is 2. The van der Waals surface area contributed by atoms with Crippen molar-refractivity contribution in [2.45, 2.75) is 39.5 Å². The highest BCUT2D eigenvalue weighted by molar-refractivity contribution is 7.89. The van der Waals surface area contributed by atoms with Crippen LogP contribution in [0.2, 0.25) is 0 Å². The lowest BCUT2D eigenvalue weighted by Gasteiger charge is -2.17. The SMILES string of the molecule is CCN(CC)S(=O)(=O)c1ccc(NCC(=O)Nc2c(C)cc(C)cc2C)[nH+]c1. The Morgan fingerprint density at radius 1 is 1.07 bits per heavy atom. The van der Waals surface area contributed by atoms with Crippen molar-refractivity contribution in [1.82, 2.24) is 4.31 Å². The van der Waals surface area contributed by atoms with Gasteiger partial charge in [0.1, 0.15) is 11.1 Å². The van der Waals surface area contributed by atoms with Crippen LogP contribution in [-0.2, 0) is 14.8 Å². The molecular weight excluding hydrogens is 376 g/mol. The third-order valence-electron chi connectivity index (χ3n) is 4.51. The summed E-state index contributed by atoms with van der Waals surface area (Å²) in [4.78, 5) is 15.4. The van der Waals surface area contributed by atoms with Crippen LogP contribution in [-0.4, -0.2) is 38.3 Å². The van der Waals surface area contributed by atoms with Crippen LogP contribution in [0.5, 0.6) is 0 Å². The number of nitrogens with zero attached hydrogens (tertiary/aromatic N) is 1. The van der Waals surface area contributed by atoms with Crippen LogP contribution in [0.3, 0.4) is 0 Å². The summed E-state index contributed by atoms with van der Waals surface area (Å²) in [5.74, 6) is 0.384. The molecule has 0 aliphatic rings. The van der Waals surface area contributed by atoms with Gasteiger partial charge in [0.25, 0.3) is 11.7 Å². The molecule has 0 unspecified atom stereocenters. The molecule has 0 fully saturated rings. The number of carbonyl (C=O) groups excluding carboxylic acids is 1. The van der Waals surface area contributed by atoms with Gasteiger partial charge >= 0.3 is 0 Å². The highest BCUT2D eigenvalue weighted by atomic mass is 32.2. The van der Waals surface area contributed by atoms with Crippen molar-refractivity contribution in [1.29, 1.82) is 0 Å². The van der Waals surface area contributed by atoms with Crippen molar-refractivity contribution in [2.75, 3.05) is 30.3 Å². The third kappa shape index (κ3) is 5.08. The number of hydrogen-bond acceptors (Lipinski definition) is 4. The van der Waals surface area contributed by atoms with Crippen LogP contribution in [0.4, 0.5) is 11.5 Å². The zero-order valence-corrected chi connectivity index (χ0v) is 17.9. The van der Waals surface area contributed by atoms with Crippen molar-refractivity contribution >= 4 is 27.4 Å². The number of sulfonamides is 1. The first-order chi connectivity index (χ1) is 13.2. The molecule has 7 nitrogen and oxygen atoms in total. The molecule has 2 aromatic rings. The van der Waals surface area contributed by atoms with Gasteiger partial charge in [-0.25, -0.2) is 13.4 Å². The van der Waals surface area contributed by atoms with Crippen LogP contribution in [0.1, 0.15) is 30.5 Å². The van der Waals surface area contributed by atoms with Gasteiger partial charge in [-0.3, -0.25) is 10.1 Å². The minimum atomic E-state index is -3.51. The smallest absolute Gasteiger partial charge is 0.272 e. The van der Waals surface area contributed by atoms with Gasteiger partial charge in [-0.15, -0.1) is 0 Å². The Kier molecular flexibility index (Phi) is 7.15. The summed E-state index contributed by atoms with van der Waals surface area (Å²) in [6.45, 7) is 10.4. The quantitative estimate of drug-likeness (QED) is 0.706. The highest BCUT2D eigenvalue weighted by Gasteiger charge is 2.23. The molecule has 0 aliphatic heterocycles. The van der Waals surface area contributed by atoms with Gasteiger partial charge in [0.05, 0.1) is 0 Å². The van der Waals surface area contributed by atoms with E-state index >= 15 is 0 Å². The fraction of sp³-hybridized carbons (Fsp3) is 0.400. The molecule has 0 atom stereocenters. The topological polar surface area (TPSA) is 92.7 Å². The number of amides is 1. The first kappa shape index (κ1) is 21.8. The van der Waals surface area contributed by atoms with Crippen molar-refractivity contribution in [2.24, 2.45) is 0 Å². The number of H-pyrrole nitrogens is 1. The second kappa shape index (κ2) is 9.16. The summed E-state index contributed by atoms with van der Waals surface area (Å²) in [5.41, 5.74) is 4.01. The zero-order valence-electron chi connectivity index (χ0n) is 17.1. The number of anilines is 2. The molecule has 152 valence electrons. The van der Waals surface area contributed by atoms with Crippen LogP contribution >= 0.6 is 0 Å². The lowest BCUT2D eigenvalue weighted by Crippen LogP contribution is -2.31. The minimum Gasteiger partial charge on any atom is -0.322 e. The number of nitrogens with one attached hydrogen (secondary N) is 3. The van der Waals surface area contributed by atoms with E-state index in [9.17, 15) is 13.2 Å². The van der Waals surface area contributed by atoms with Gasteiger partial charge in [-0.2, -0.15) is 4.31 Å². The Morgan fingerprint density at radius 2 is 1.68 bits per heavy atom. The number of pyridine rings is 1. The largest absolute Gasteiger partial charge is 0.322 e.